The van der Waals surface area contributed by atoms with Crippen molar-refractivity contribution in [2.24, 2.45) is 0 Å². The molecule has 0 saturated carbocycles. The first kappa shape index (κ1) is 12.0. The van der Waals surface area contributed by atoms with Crippen LogP contribution in [0.1, 0.15) is 23.3 Å². The molecule has 0 radical (unpaired) electrons. The van der Waals surface area contributed by atoms with Crippen molar-refractivity contribution in [3.05, 3.63) is 18.0 Å². The first-order chi connectivity index (χ1) is 7.54. The van der Waals surface area contributed by atoms with Gasteiger partial charge in [0.05, 0.1) is 19.7 Å². The molecule has 0 aromatic carbocycles. The van der Waals surface area contributed by atoms with Gasteiger partial charge in [-0.3, -0.25) is 9.59 Å². The van der Waals surface area contributed by atoms with Crippen LogP contribution in [-0.2, 0) is 9.53 Å². The van der Waals surface area contributed by atoms with Crippen LogP contribution in [0.25, 0.3) is 0 Å². The van der Waals surface area contributed by atoms with E-state index in [-0.39, 0.29) is 24.3 Å². The molecule has 2 N–H and O–H groups in total. The Morgan fingerprint density at radius 2 is 2.06 bits per heavy atom. The van der Waals surface area contributed by atoms with Crippen LogP contribution >= 0.6 is 0 Å². The Morgan fingerprint density at radius 3 is 2.62 bits per heavy atom. The molecule has 0 unspecified atom stereocenters. The van der Waals surface area contributed by atoms with E-state index in [0.717, 1.165) is 12.3 Å². The third-order valence-electron chi connectivity index (χ3n) is 1.90. The predicted molar refractivity (Wildman–Crippen MR) is 53.1 cm³/mol. The fraction of sp³-hybridized carbons (Fsp3) is 0.300. The third-order valence-corrected chi connectivity index (χ3v) is 1.90. The average Bonchev–Trinajstić information content (AvgIpc) is 2.25. The number of aromatic hydroxyl groups is 2. The van der Waals surface area contributed by atoms with Crippen molar-refractivity contribution in [1.29, 1.82) is 0 Å². The van der Waals surface area contributed by atoms with Gasteiger partial charge in [-0.1, -0.05) is 0 Å². The number of nitrogens with zero attached hydrogens (tertiary/aromatic N) is 1. The Bertz CT molecular complexity index is 416. The summed E-state index contributed by atoms with van der Waals surface area (Å²) in [6.45, 7) is 0. The highest BCUT2D eigenvalue weighted by Crippen LogP contribution is 2.21. The minimum Gasteiger partial charge on any atom is -0.506 e. The summed E-state index contributed by atoms with van der Waals surface area (Å²) >= 11 is 0. The van der Waals surface area contributed by atoms with E-state index in [1.54, 1.807) is 0 Å². The van der Waals surface area contributed by atoms with Crippen molar-refractivity contribution in [1.82, 2.24) is 4.98 Å². The molecule has 1 rings (SSSR count). The first-order valence-corrected chi connectivity index (χ1v) is 4.52. The second kappa shape index (κ2) is 5.11. The minimum atomic E-state index is -0.508. The Labute approximate surface area is 91.5 Å². The first-order valence-electron chi connectivity index (χ1n) is 4.52. The lowest BCUT2D eigenvalue weighted by atomic mass is 10.1. The number of ketones is 1. The van der Waals surface area contributed by atoms with Gasteiger partial charge in [0.15, 0.2) is 5.78 Å². The molecule has 0 aliphatic carbocycles. The maximum Gasteiger partial charge on any atom is 0.305 e. The SMILES string of the molecule is COC(=O)CCC(=O)c1ncc(O)cc1O. The van der Waals surface area contributed by atoms with Crippen LogP contribution in [0.2, 0.25) is 0 Å². The molecule has 0 amide bonds. The van der Waals surface area contributed by atoms with Crippen LogP contribution in [-0.4, -0.2) is 34.1 Å². The summed E-state index contributed by atoms with van der Waals surface area (Å²) in [7, 11) is 1.23. The van der Waals surface area contributed by atoms with Gasteiger partial charge in [0.25, 0.3) is 0 Å². The Hall–Kier alpha value is -2.11. The summed E-state index contributed by atoms with van der Waals surface area (Å²) in [5, 5.41) is 18.3. The Morgan fingerprint density at radius 1 is 1.38 bits per heavy atom. The molecular formula is C10H11NO5. The van der Waals surface area contributed by atoms with Gasteiger partial charge in [-0.2, -0.15) is 0 Å². The van der Waals surface area contributed by atoms with E-state index in [1.807, 2.05) is 0 Å². The van der Waals surface area contributed by atoms with Gasteiger partial charge in [-0.25, -0.2) is 4.98 Å². The summed E-state index contributed by atoms with van der Waals surface area (Å²) < 4.78 is 4.37. The number of methoxy groups -OCH3 is 1. The van der Waals surface area contributed by atoms with Gasteiger partial charge in [0.2, 0.25) is 0 Å². The van der Waals surface area contributed by atoms with Gasteiger partial charge in [0, 0.05) is 12.5 Å². The molecule has 1 heterocycles. The highest BCUT2D eigenvalue weighted by atomic mass is 16.5. The van der Waals surface area contributed by atoms with E-state index < -0.39 is 17.5 Å². The largest absolute Gasteiger partial charge is 0.506 e. The van der Waals surface area contributed by atoms with Gasteiger partial charge in [-0.05, 0) is 0 Å². The maximum atomic E-state index is 11.5. The molecule has 0 spiro atoms. The van der Waals surface area contributed by atoms with Gasteiger partial charge in [-0.15, -0.1) is 0 Å². The van der Waals surface area contributed by atoms with Crippen LogP contribution in [0.5, 0.6) is 11.5 Å². The average molecular weight is 225 g/mol. The number of carbonyl (C=O) groups is 2. The molecule has 86 valence electrons. The van der Waals surface area contributed by atoms with E-state index in [9.17, 15) is 14.7 Å². The quantitative estimate of drug-likeness (QED) is 0.576. The second-order valence-electron chi connectivity index (χ2n) is 3.06. The third kappa shape index (κ3) is 2.94. The van der Waals surface area contributed by atoms with Crippen molar-refractivity contribution in [3.63, 3.8) is 0 Å². The number of carbonyl (C=O) groups excluding carboxylic acids is 2. The van der Waals surface area contributed by atoms with Crippen LogP contribution in [0, 0.1) is 0 Å². The summed E-state index contributed by atoms with van der Waals surface area (Å²) in [6.07, 6.45) is 0.875. The summed E-state index contributed by atoms with van der Waals surface area (Å²) in [5.74, 6) is -1.63. The molecule has 0 aliphatic rings. The fourth-order valence-corrected chi connectivity index (χ4v) is 1.09. The zero-order valence-corrected chi connectivity index (χ0v) is 8.64. The molecular weight excluding hydrogens is 214 g/mol. The van der Waals surface area contributed by atoms with Crippen molar-refractivity contribution in [2.75, 3.05) is 7.11 Å². The van der Waals surface area contributed by atoms with E-state index >= 15 is 0 Å². The summed E-state index contributed by atoms with van der Waals surface area (Å²) in [5.41, 5.74) is -0.165. The number of hydrogen-bond donors (Lipinski definition) is 2. The lowest BCUT2D eigenvalue weighted by molar-refractivity contribution is -0.140. The summed E-state index contributed by atoms with van der Waals surface area (Å²) in [4.78, 5) is 25.9. The monoisotopic (exact) mass is 225 g/mol. The number of Topliss-reactive ketones (excluding diaryl/α,β-unsaturated/α-hetero) is 1. The molecule has 16 heavy (non-hydrogen) atoms. The number of pyridine rings is 1. The summed E-state index contributed by atoms with van der Waals surface area (Å²) in [6, 6.07) is 1.01. The van der Waals surface area contributed by atoms with Gasteiger partial charge < -0.3 is 14.9 Å². The number of aromatic nitrogens is 1. The highest BCUT2D eigenvalue weighted by molar-refractivity contribution is 5.98. The highest BCUT2D eigenvalue weighted by Gasteiger charge is 2.15. The van der Waals surface area contributed by atoms with Crippen LogP contribution in [0.15, 0.2) is 12.3 Å². The molecule has 6 nitrogen and oxygen atoms in total. The fourth-order valence-electron chi connectivity index (χ4n) is 1.09. The number of hydrogen-bond acceptors (Lipinski definition) is 6. The van der Waals surface area contributed by atoms with Gasteiger partial charge in [0.1, 0.15) is 17.2 Å². The minimum absolute atomic E-state index is 0.0721. The van der Waals surface area contributed by atoms with E-state index in [2.05, 4.69) is 9.72 Å². The van der Waals surface area contributed by atoms with Crippen LogP contribution < -0.4 is 0 Å². The molecule has 0 aliphatic heterocycles. The molecule has 1 aromatic rings. The lowest BCUT2D eigenvalue weighted by Gasteiger charge is -2.02. The predicted octanol–water partition coefficient (Wildman–Crippen LogP) is 0.629. The topological polar surface area (TPSA) is 96.7 Å². The molecule has 6 heteroatoms. The van der Waals surface area contributed by atoms with Gasteiger partial charge >= 0.3 is 5.97 Å². The van der Waals surface area contributed by atoms with Crippen molar-refractivity contribution in [2.45, 2.75) is 12.8 Å². The van der Waals surface area contributed by atoms with E-state index in [1.165, 1.54) is 7.11 Å². The maximum absolute atomic E-state index is 11.5. The number of rotatable bonds is 4. The molecule has 0 fully saturated rings. The van der Waals surface area contributed by atoms with Crippen molar-refractivity contribution < 1.29 is 24.5 Å². The number of ether oxygens (including phenoxy) is 1. The molecule has 0 bridgehead atoms. The molecule has 0 atom stereocenters. The lowest BCUT2D eigenvalue weighted by Crippen LogP contribution is -2.07. The van der Waals surface area contributed by atoms with Crippen molar-refractivity contribution in [3.8, 4) is 11.5 Å². The van der Waals surface area contributed by atoms with Crippen LogP contribution in [0.4, 0.5) is 0 Å². The van der Waals surface area contributed by atoms with Crippen LogP contribution in [0.3, 0.4) is 0 Å². The standard InChI is InChI=1S/C10H11NO5/c1-16-9(15)3-2-7(13)10-8(14)4-6(12)5-11-10/h4-5,12,14H,2-3H2,1H3. The normalized spacial score (nSPS) is 9.81. The Balaban J connectivity index is 2.70. The molecule has 0 saturated heterocycles. The zero-order chi connectivity index (χ0) is 12.1. The molecule has 1 aromatic heterocycles. The van der Waals surface area contributed by atoms with E-state index in [0.29, 0.717) is 0 Å². The van der Waals surface area contributed by atoms with Crippen molar-refractivity contribution >= 4 is 11.8 Å². The second-order valence-corrected chi connectivity index (χ2v) is 3.06. The number of esters is 1. The zero-order valence-electron chi connectivity index (χ0n) is 8.64. The van der Waals surface area contributed by atoms with E-state index in [4.69, 9.17) is 5.11 Å². The Kier molecular flexibility index (Phi) is 3.82. The smallest absolute Gasteiger partial charge is 0.305 e.